The van der Waals surface area contributed by atoms with Crippen LogP contribution >= 0.6 is 0 Å². The Morgan fingerprint density at radius 2 is 2.20 bits per heavy atom. The highest BCUT2D eigenvalue weighted by molar-refractivity contribution is 5.94. The van der Waals surface area contributed by atoms with E-state index in [-0.39, 0.29) is 0 Å². The molecule has 0 aliphatic carbocycles. The van der Waals surface area contributed by atoms with E-state index in [2.05, 4.69) is 22.2 Å². The zero-order valence-corrected chi connectivity index (χ0v) is 11.5. The average Bonchev–Trinajstić information content (AvgIpc) is 2.81. The molecule has 3 N–H and O–H groups in total. The monoisotopic (exact) mass is 273 g/mol. The largest absolute Gasteiger partial charge is 0.369 e. The fourth-order valence-electron chi connectivity index (χ4n) is 2.33. The molecule has 6 heteroatoms. The summed E-state index contributed by atoms with van der Waals surface area (Å²) in [5.74, 6) is 1.02. The van der Waals surface area contributed by atoms with E-state index in [4.69, 9.17) is 10.5 Å². The van der Waals surface area contributed by atoms with E-state index in [1.807, 2.05) is 28.8 Å². The van der Waals surface area contributed by atoms with Crippen molar-refractivity contribution in [1.82, 2.24) is 9.55 Å². The second-order valence-electron chi connectivity index (χ2n) is 4.84. The van der Waals surface area contributed by atoms with Crippen LogP contribution < -0.4 is 11.1 Å². The summed E-state index contributed by atoms with van der Waals surface area (Å²) in [6.07, 6.45) is 2.91. The predicted molar refractivity (Wildman–Crippen MR) is 79.5 cm³/mol. The summed E-state index contributed by atoms with van der Waals surface area (Å²) >= 11 is 0. The number of aliphatic imine (C=N–C) groups is 1. The van der Waals surface area contributed by atoms with Crippen LogP contribution in [-0.2, 0) is 4.74 Å². The van der Waals surface area contributed by atoms with E-state index < -0.39 is 6.35 Å². The van der Waals surface area contributed by atoms with Gasteiger partial charge in [0.05, 0.1) is 17.6 Å². The molecule has 1 aliphatic heterocycles. The zero-order valence-electron chi connectivity index (χ0n) is 11.5. The number of nitrogens with zero attached hydrogens (tertiary/aromatic N) is 3. The number of para-hydroxylation sites is 2. The molecule has 6 nitrogen and oxygen atoms in total. The lowest BCUT2D eigenvalue weighted by molar-refractivity contribution is 0.00987. The number of fused-ring (bicyclic) bond motifs is 3. The van der Waals surface area contributed by atoms with Crippen LogP contribution in [0.4, 0.5) is 5.95 Å². The van der Waals surface area contributed by atoms with Gasteiger partial charge in [-0.15, -0.1) is 0 Å². The number of unbranched alkanes of at least 4 members (excludes halogenated alkanes) is 2. The van der Waals surface area contributed by atoms with Crippen molar-refractivity contribution in [3.8, 4) is 0 Å². The molecular weight excluding hydrogens is 254 g/mol. The maximum absolute atomic E-state index is 5.86. The van der Waals surface area contributed by atoms with Crippen LogP contribution in [-0.4, -0.2) is 22.1 Å². The van der Waals surface area contributed by atoms with Gasteiger partial charge in [0.15, 0.2) is 5.96 Å². The van der Waals surface area contributed by atoms with Gasteiger partial charge in [0.2, 0.25) is 12.3 Å². The third-order valence-corrected chi connectivity index (χ3v) is 3.32. The minimum atomic E-state index is -0.435. The second kappa shape index (κ2) is 5.50. The molecule has 2 heterocycles. The number of guanidine groups is 1. The number of ether oxygens (including phenoxy) is 1. The van der Waals surface area contributed by atoms with Crippen LogP contribution in [0.2, 0.25) is 0 Å². The molecule has 0 amide bonds. The Hall–Kier alpha value is -2.08. The van der Waals surface area contributed by atoms with E-state index in [0.29, 0.717) is 18.5 Å². The van der Waals surface area contributed by atoms with Crippen LogP contribution in [0.3, 0.4) is 0 Å². The maximum atomic E-state index is 5.86. The lowest BCUT2D eigenvalue weighted by Crippen LogP contribution is -2.32. The fraction of sp³-hybridized carbons (Fsp3) is 0.429. The minimum Gasteiger partial charge on any atom is -0.369 e. The van der Waals surface area contributed by atoms with Gasteiger partial charge in [-0.1, -0.05) is 31.9 Å². The van der Waals surface area contributed by atoms with Crippen LogP contribution in [0.25, 0.3) is 11.0 Å². The summed E-state index contributed by atoms with van der Waals surface area (Å²) in [4.78, 5) is 8.84. The molecule has 1 aromatic heterocycles. The Bertz CT molecular complexity index is 634. The minimum absolute atomic E-state index is 0.341. The molecular formula is C14H19N5O. The first-order valence-electron chi connectivity index (χ1n) is 6.98. The normalized spacial score (nSPS) is 17.6. The van der Waals surface area contributed by atoms with E-state index >= 15 is 0 Å². The Morgan fingerprint density at radius 3 is 3.05 bits per heavy atom. The molecule has 1 aromatic carbocycles. The standard InChI is InChI=1S/C14H19N5O/c1-2-3-6-9-20-14-18-12(15)17-13-16-10-7-4-5-8-11(10)19(13)14/h4-5,7-8,14H,2-3,6,9H2,1H3,(H3,15,16,17,18). The van der Waals surface area contributed by atoms with Gasteiger partial charge in [-0.25, -0.2) is 4.98 Å². The zero-order chi connectivity index (χ0) is 13.9. The van der Waals surface area contributed by atoms with E-state index in [1.54, 1.807) is 0 Å². The van der Waals surface area contributed by atoms with Gasteiger partial charge < -0.3 is 10.5 Å². The fourth-order valence-corrected chi connectivity index (χ4v) is 2.33. The number of nitrogens with one attached hydrogen (secondary N) is 1. The Kier molecular flexibility index (Phi) is 3.56. The van der Waals surface area contributed by atoms with Crippen molar-refractivity contribution >= 4 is 22.9 Å². The predicted octanol–water partition coefficient (Wildman–Crippen LogP) is 2.44. The van der Waals surface area contributed by atoms with Gasteiger partial charge in [-0.2, -0.15) is 4.99 Å². The van der Waals surface area contributed by atoms with E-state index in [0.717, 1.165) is 23.9 Å². The van der Waals surface area contributed by atoms with Crippen LogP contribution in [0.1, 0.15) is 32.5 Å². The number of nitrogens with two attached hydrogens (primary N) is 1. The highest BCUT2D eigenvalue weighted by Gasteiger charge is 2.23. The lowest BCUT2D eigenvalue weighted by Gasteiger charge is -2.23. The summed E-state index contributed by atoms with van der Waals surface area (Å²) < 4.78 is 7.81. The average molecular weight is 273 g/mol. The molecule has 1 atom stereocenters. The van der Waals surface area contributed by atoms with Gasteiger partial charge in [-0.3, -0.25) is 9.88 Å². The van der Waals surface area contributed by atoms with Gasteiger partial charge in [-0.05, 0) is 18.6 Å². The third-order valence-electron chi connectivity index (χ3n) is 3.32. The Labute approximate surface area is 117 Å². The summed E-state index contributed by atoms with van der Waals surface area (Å²) in [6.45, 7) is 2.84. The molecule has 106 valence electrons. The van der Waals surface area contributed by atoms with Crippen molar-refractivity contribution in [3.63, 3.8) is 0 Å². The molecule has 20 heavy (non-hydrogen) atoms. The number of benzene rings is 1. The Morgan fingerprint density at radius 1 is 1.35 bits per heavy atom. The summed E-state index contributed by atoms with van der Waals surface area (Å²) in [5.41, 5.74) is 7.69. The highest BCUT2D eigenvalue weighted by atomic mass is 16.5. The van der Waals surface area contributed by atoms with Crippen LogP contribution in [0.5, 0.6) is 0 Å². The first-order chi connectivity index (χ1) is 9.79. The number of imidazole rings is 1. The smallest absolute Gasteiger partial charge is 0.238 e. The molecule has 3 rings (SSSR count). The van der Waals surface area contributed by atoms with Crippen molar-refractivity contribution < 1.29 is 4.74 Å². The molecule has 0 bridgehead atoms. The maximum Gasteiger partial charge on any atom is 0.238 e. The molecule has 1 aliphatic rings. The van der Waals surface area contributed by atoms with E-state index in [1.165, 1.54) is 6.42 Å². The molecule has 0 fully saturated rings. The molecule has 0 spiro atoms. The van der Waals surface area contributed by atoms with Crippen LogP contribution in [0.15, 0.2) is 29.3 Å². The van der Waals surface area contributed by atoms with Gasteiger partial charge >= 0.3 is 0 Å². The molecule has 0 saturated carbocycles. The van der Waals surface area contributed by atoms with Crippen molar-refractivity contribution in [2.45, 2.75) is 32.5 Å². The molecule has 0 radical (unpaired) electrons. The number of anilines is 1. The molecule has 2 aromatic rings. The van der Waals surface area contributed by atoms with Gasteiger partial charge in [0, 0.05) is 0 Å². The summed E-state index contributed by atoms with van der Waals surface area (Å²) in [7, 11) is 0. The van der Waals surface area contributed by atoms with Crippen molar-refractivity contribution in [2.75, 3.05) is 11.9 Å². The van der Waals surface area contributed by atoms with E-state index in [9.17, 15) is 0 Å². The first kappa shape index (κ1) is 12.9. The number of hydrogen-bond acceptors (Lipinski definition) is 5. The topological polar surface area (TPSA) is 77.5 Å². The summed E-state index contributed by atoms with van der Waals surface area (Å²) in [6, 6.07) is 7.91. The Balaban J connectivity index is 1.88. The number of aromatic nitrogens is 2. The van der Waals surface area contributed by atoms with Crippen molar-refractivity contribution in [2.24, 2.45) is 10.7 Å². The van der Waals surface area contributed by atoms with Crippen molar-refractivity contribution in [3.05, 3.63) is 24.3 Å². The van der Waals surface area contributed by atoms with Gasteiger partial charge in [0.25, 0.3) is 0 Å². The SMILES string of the molecule is CCCCCOC1N=C(N)Nc2nc3ccccc3n21. The van der Waals surface area contributed by atoms with Crippen LogP contribution in [0, 0.1) is 0 Å². The number of rotatable bonds is 5. The summed E-state index contributed by atoms with van der Waals surface area (Å²) in [5, 5.41) is 2.98. The molecule has 0 saturated heterocycles. The quantitative estimate of drug-likeness (QED) is 0.820. The number of hydrogen-bond donors (Lipinski definition) is 2. The first-order valence-corrected chi connectivity index (χ1v) is 6.98. The second-order valence-corrected chi connectivity index (χ2v) is 4.84. The van der Waals surface area contributed by atoms with Gasteiger partial charge in [0.1, 0.15) is 0 Å². The highest BCUT2D eigenvalue weighted by Crippen LogP contribution is 2.28. The molecule has 1 unspecified atom stereocenters. The van der Waals surface area contributed by atoms with Crippen molar-refractivity contribution in [1.29, 1.82) is 0 Å². The lowest BCUT2D eigenvalue weighted by atomic mass is 10.3. The third kappa shape index (κ3) is 2.34.